The van der Waals surface area contributed by atoms with Gasteiger partial charge in [0, 0.05) is 6.42 Å². The van der Waals surface area contributed by atoms with Crippen LogP contribution in [0.1, 0.15) is 6.42 Å². The van der Waals surface area contributed by atoms with Gasteiger partial charge in [-0.25, -0.2) is 0 Å². The highest BCUT2D eigenvalue weighted by molar-refractivity contribution is 6.05. The number of carbonyl (C=O) groups excluding carboxylic acids is 3. The van der Waals surface area contributed by atoms with Gasteiger partial charge in [-0.1, -0.05) is 0 Å². The van der Waals surface area contributed by atoms with Gasteiger partial charge in [0.25, 0.3) is 0 Å². The van der Waals surface area contributed by atoms with E-state index in [1.165, 1.54) is 7.11 Å². The molecule has 12 heavy (non-hydrogen) atoms. The topological polar surface area (TPSA) is 72.5 Å². The average molecular weight is 171 g/mol. The zero-order valence-electron chi connectivity index (χ0n) is 6.62. The van der Waals surface area contributed by atoms with Crippen molar-refractivity contribution >= 4 is 17.7 Å². The number of ketones is 1. The summed E-state index contributed by atoms with van der Waals surface area (Å²) in [6.07, 6.45) is -0.0431. The molecule has 1 aliphatic heterocycles. The number of rotatable bonds is 1. The highest BCUT2D eigenvalue weighted by Crippen LogP contribution is 2.09. The molecule has 1 amide bonds. The fourth-order valence-electron chi connectivity index (χ4n) is 1.03. The number of amides is 1. The Kier molecular flexibility index (Phi) is 2.42. The number of methoxy groups -OCH3 is 1. The SMILES string of the molecule is COC(=O)C1CC(=O)CNC1=O. The second kappa shape index (κ2) is 3.34. The maximum Gasteiger partial charge on any atom is 0.318 e. The third-order valence-corrected chi connectivity index (χ3v) is 1.69. The Balaban J connectivity index is 2.67. The molecule has 5 heteroatoms. The Morgan fingerprint density at radius 3 is 2.83 bits per heavy atom. The van der Waals surface area contributed by atoms with E-state index in [0.717, 1.165) is 0 Å². The van der Waals surface area contributed by atoms with E-state index in [2.05, 4.69) is 10.1 Å². The summed E-state index contributed by atoms with van der Waals surface area (Å²) in [5, 5.41) is 2.31. The maximum absolute atomic E-state index is 11.0. The van der Waals surface area contributed by atoms with Crippen LogP contribution in [0.3, 0.4) is 0 Å². The van der Waals surface area contributed by atoms with Crippen molar-refractivity contribution in [2.45, 2.75) is 6.42 Å². The summed E-state index contributed by atoms with van der Waals surface area (Å²) in [5.74, 6) is -2.18. The molecule has 0 aliphatic carbocycles. The number of Topliss-reactive ketones (excluding diaryl/α,β-unsaturated/α-hetero) is 1. The van der Waals surface area contributed by atoms with Crippen LogP contribution in [0.2, 0.25) is 0 Å². The smallest absolute Gasteiger partial charge is 0.318 e. The average Bonchev–Trinajstić information content (AvgIpc) is 2.08. The second-order valence-corrected chi connectivity index (χ2v) is 2.54. The largest absolute Gasteiger partial charge is 0.468 e. The molecule has 1 fully saturated rings. The minimum absolute atomic E-state index is 0.0202. The predicted octanol–water partition coefficient (Wildman–Crippen LogP) is -1.14. The van der Waals surface area contributed by atoms with Crippen molar-refractivity contribution in [3.05, 3.63) is 0 Å². The first-order valence-electron chi connectivity index (χ1n) is 3.52. The monoisotopic (exact) mass is 171 g/mol. The number of hydrogen-bond donors (Lipinski definition) is 1. The van der Waals surface area contributed by atoms with Crippen LogP contribution in [0.15, 0.2) is 0 Å². The highest BCUT2D eigenvalue weighted by atomic mass is 16.5. The van der Waals surface area contributed by atoms with Crippen molar-refractivity contribution in [2.24, 2.45) is 5.92 Å². The first-order valence-corrected chi connectivity index (χ1v) is 3.52. The summed E-state index contributed by atoms with van der Waals surface area (Å²) in [7, 11) is 1.19. The molecule has 0 aromatic carbocycles. The molecule has 0 aromatic heterocycles. The van der Waals surface area contributed by atoms with Crippen molar-refractivity contribution in [3.8, 4) is 0 Å². The molecule has 0 aromatic rings. The van der Waals surface area contributed by atoms with Crippen LogP contribution in [-0.4, -0.2) is 31.3 Å². The Hall–Kier alpha value is -1.39. The first-order chi connectivity index (χ1) is 5.65. The van der Waals surface area contributed by atoms with Gasteiger partial charge in [-0.15, -0.1) is 0 Å². The van der Waals surface area contributed by atoms with Crippen molar-refractivity contribution < 1.29 is 19.1 Å². The molecule has 1 atom stereocenters. The van der Waals surface area contributed by atoms with Gasteiger partial charge >= 0.3 is 5.97 Å². The zero-order chi connectivity index (χ0) is 9.14. The lowest BCUT2D eigenvalue weighted by Crippen LogP contribution is -2.45. The highest BCUT2D eigenvalue weighted by Gasteiger charge is 2.33. The molecule has 0 bridgehead atoms. The summed E-state index contributed by atoms with van der Waals surface area (Å²) in [4.78, 5) is 32.7. The molecule has 1 heterocycles. The van der Waals surface area contributed by atoms with Crippen LogP contribution in [-0.2, 0) is 19.1 Å². The van der Waals surface area contributed by atoms with Gasteiger partial charge in [-0.3, -0.25) is 14.4 Å². The molecule has 5 nitrogen and oxygen atoms in total. The number of carbonyl (C=O) groups is 3. The Labute approximate surface area is 69.1 Å². The van der Waals surface area contributed by atoms with Crippen molar-refractivity contribution in [2.75, 3.05) is 13.7 Å². The van der Waals surface area contributed by atoms with Crippen molar-refractivity contribution in [1.82, 2.24) is 5.32 Å². The van der Waals surface area contributed by atoms with E-state index in [0.29, 0.717) is 0 Å². The van der Waals surface area contributed by atoms with E-state index in [-0.39, 0.29) is 18.7 Å². The van der Waals surface area contributed by atoms with Gasteiger partial charge in [0.05, 0.1) is 13.7 Å². The number of esters is 1. The van der Waals surface area contributed by atoms with Crippen LogP contribution >= 0.6 is 0 Å². The van der Waals surface area contributed by atoms with E-state index < -0.39 is 17.8 Å². The van der Waals surface area contributed by atoms with Crippen LogP contribution in [0, 0.1) is 5.92 Å². The third-order valence-electron chi connectivity index (χ3n) is 1.69. The number of ether oxygens (including phenoxy) is 1. The Morgan fingerprint density at radius 1 is 1.58 bits per heavy atom. The number of nitrogens with one attached hydrogen (secondary N) is 1. The Bertz CT molecular complexity index is 228. The molecule has 66 valence electrons. The lowest BCUT2D eigenvalue weighted by Gasteiger charge is -2.18. The minimum Gasteiger partial charge on any atom is -0.468 e. The summed E-state index contributed by atoms with van der Waals surface area (Å²) in [5.41, 5.74) is 0. The molecule has 1 unspecified atom stereocenters. The van der Waals surface area contributed by atoms with E-state index in [1.54, 1.807) is 0 Å². The standard InChI is InChI=1S/C7H9NO4/c1-12-7(11)5-2-4(9)3-8-6(5)10/h5H,2-3H2,1H3,(H,8,10). The fourth-order valence-corrected chi connectivity index (χ4v) is 1.03. The van der Waals surface area contributed by atoms with E-state index in [1.807, 2.05) is 0 Å². The van der Waals surface area contributed by atoms with Crippen LogP contribution in [0.25, 0.3) is 0 Å². The van der Waals surface area contributed by atoms with Crippen LogP contribution in [0.4, 0.5) is 0 Å². The lowest BCUT2D eigenvalue weighted by molar-refractivity contribution is -0.153. The van der Waals surface area contributed by atoms with Crippen molar-refractivity contribution in [1.29, 1.82) is 0 Å². The lowest BCUT2D eigenvalue weighted by atomic mass is 9.98. The van der Waals surface area contributed by atoms with Gasteiger partial charge in [0.2, 0.25) is 5.91 Å². The summed E-state index contributed by atoms with van der Waals surface area (Å²) in [6.45, 7) is 0.0202. The van der Waals surface area contributed by atoms with Gasteiger partial charge in [0.1, 0.15) is 5.92 Å². The molecule has 1 saturated heterocycles. The summed E-state index contributed by atoms with van der Waals surface area (Å²) >= 11 is 0. The Morgan fingerprint density at radius 2 is 2.25 bits per heavy atom. The molecule has 0 spiro atoms. The molecule has 0 radical (unpaired) electrons. The van der Waals surface area contributed by atoms with Gasteiger partial charge < -0.3 is 10.1 Å². The molecule has 0 saturated carbocycles. The molecule has 1 aliphatic rings. The quantitative estimate of drug-likeness (QED) is 0.400. The molecular formula is C7H9NO4. The first kappa shape index (κ1) is 8.70. The zero-order valence-corrected chi connectivity index (χ0v) is 6.62. The normalized spacial score (nSPS) is 23.2. The number of piperidine rings is 1. The summed E-state index contributed by atoms with van der Waals surface area (Å²) < 4.78 is 4.36. The van der Waals surface area contributed by atoms with Gasteiger partial charge in [-0.05, 0) is 0 Å². The molecular weight excluding hydrogens is 162 g/mol. The summed E-state index contributed by atoms with van der Waals surface area (Å²) in [6, 6.07) is 0. The van der Waals surface area contributed by atoms with Crippen LogP contribution in [0.5, 0.6) is 0 Å². The molecule has 1 rings (SSSR count). The minimum atomic E-state index is -0.948. The van der Waals surface area contributed by atoms with Gasteiger partial charge in [0.15, 0.2) is 5.78 Å². The second-order valence-electron chi connectivity index (χ2n) is 2.54. The number of hydrogen-bond acceptors (Lipinski definition) is 4. The van der Waals surface area contributed by atoms with Crippen LogP contribution < -0.4 is 5.32 Å². The predicted molar refractivity (Wildman–Crippen MR) is 38.1 cm³/mol. The molecule has 1 N–H and O–H groups in total. The fraction of sp³-hybridized carbons (Fsp3) is 0.571. The van der Waals surface area contributed by atoms with E-state index >= 15 is 0 Å². The van der Waals surface area contributed by atoms with Crippen molar-refractivity contribution in [3.63, 3.8) is 0 Å². The third kappa shape index (κ3) is 1.61. The van der Waals surface area contributed by atoms with E-state index in [9.17, 15) is 14.4 Å². The van der Waals surface area contributed by atoms with Gasteiger partial charge in [-0.2, -0.15) is 0 Å². The maximum atomic E-state index is 11.0. The van der Waals surface area contributed by atoms with E-state index in [4.69, 9.17) is 0 Å².